The van der Waals surface area contributed by atoms with Crippen LogP contribution in [0.3, 0.4) is 0 Å². The van der Waals surface area contributed by atoms with Crippen LogP contribution in [0.15, 0.2) is 76.9 Å². The summed E-state index contributed by atoms with van der Waals surface area (Å²) < 4.78 is 0. The van der Waals surface area contributed by atoms with Gasteiger partial charge in [0.15, 0.2) is 16.3 Å². The lowest BCUT2D eigenvalue weighted by atomic mass is 10.2. The van der Waals surface area contributed by atoms with Gasteiger partial charge >= 0.3 is 0 Å². The largest absolute Gasteiger partial charge is 0.339 e. The number of H-pyrrole nitrogens is 2. The molecular weight excluding hydrogens is 368 g/mol. The first-order chi connectivity index (χ1) is 12.8. The Balaban J connectivity index is 0.000000206. The molecule has 2 heterocycles. The lowest BCUT2D eigenvalue weighted by Gasteiger charge is -2.00. The number of nitrogens with zero attached hydrogens (tertiary/aromatic N) is 2. The molecule has 132 valence electrons. The number of alkyl halides is 1. The molecule has 0 spiro atoms. The second-order valence-electron chi connectivity index (χ2n) is 5.37. The van der Waals surface area contributed by atoms with E-state index in [9.17, 15) is 4.79 Å². The normalized spacial score (nSPS) is 10.3. The van der Waals surface area contributed by atoms with Gasteiger partial charge in [-0.2, -0.15) is 0 Å². The van der Waals surface area contributed by atoms with E-state index in [0.29, 0.717) is 22.2 Å². The van der Waals surface area contributed by atoms with Gasteiger partial charge in [-0.05, 0) is 11.1 Å². The molecule has 0 aliphatic carbocycles. The van der Waals surface area contributed by atoms with E-state index in [0.717, 1.165) is 5.75 Å². The van der Waals surface area contributed by atoms with E-state index in [1.807, 2.05) is 60.7 Å². The highest BCUT2D eigenvalue weighted by atomic mass is 35.5. The molecule has 0 amide bonds. The summed E-state index contributed by atoms with van der Waals surface area (Å²) in [6, 6.07) is 20.0. The first-order valence-electron chi connectivity index (χ1n) is 7.96. The molecular formula is C19H17ClN4OS. The lowest BCUT2D eigenvalue weighted by molar-refractivity contribution is 0.964. The zero-order valence-corrected chi connectivity index (χ0v) is 15.4. The molecule has 0 bridgehead atoms. The Morgan fingerprint density at radius 3 is 2.23 bits per heavy atom. The second-order valence-corrected chi connectivity index (χ2v) is 6.60. The van der Waals surface area contributed by atoms with Crippen LogP contribution < -0.4 is 5.56 Å². The number of hydrogen-bond acceptors (Lipinski definition) is 4. The number of aromatic amines is 2. The second kappa shape index (κ2) is 9.22. The SMILES string of the molecule is ClCc1ccccc1.O=c1[nH]c(SCc2ccccc2)nc2nc[nH]c12. The van der Waals surface area contributed by atoms with Gasteiger partial charge in [-0.15, -0.1) is 11.6 Å². The Kier molecular flexibility index (Phi) is 6.46. The van der Waals surface area contributed by atoms with Crippen molar-refractivity contribution in [2.24, 2.45) is 0 Å². The zero-order valence-electron chi connectivity index (χ0n) is 13.9. The van der Waals surface area contributed by atoms with Crippen LogP contribution in [0.25, 0.3) is 11.2 Å². The zero-order chi connectivity index (χ0) is 18.2. The number of benzene rings is 2. The summed E-state index contributed by atoms with van der Waals surface area (Å²) in [6.45, 7) is 0. The molecule has 26 heavy (non-hydrogen) atoms. The molecule has 4 rings (SSSR count). The number of halogens is 1. The van der Waals surface area contributed by atoms with Gasteiger partial charge in [0.25, 0.3) is 5.56 Å². The van der Waals surface area contributed by atoms with Crippen LogP contribution in [0.4, 0.5) is 0 Å². The van der Waals surface area contributed by atoms with E-state index in [4.69, 9.17) is 11.6 Å². The summed E-state index contributed by atoms with van der Waals surface area (Å²) in [6.07, 6.45) is 1.47. The maximum absolute atomic E-state index is 11.7. The minimum atomic E-state index is -0.187. The minimum absolute atomic E-state index is 0.187. The molecule has 4 aromatic rings. The summed E-state index contributed by atoms with van der Waals surface area (Å²) in [5, 5.41) is 0.587. The number of hydrogen-bond donors (Lipinski definition) is 2. The molecule has 0 fully saturated rings. The lowest BCUT2D eigenvalue weighted by Crippen LogP contribution is -2.09. The van der Waals surface area contributed by atoms with Crippen LogP contribution in [-0.2, 0) is 11.6 Å². The van der Waals surface area contributed by atoms with Crippen molar-refractivity contribution in [1.82, 2.24) is 19.9 Å². The Morgan fingerprint density at radius 2 is 1.62 bits per heavy atom. The average Bonchev–Trinajstić information content (AvgIpc) is 3.18. The van der Waals surface area contributed by atoms with Crippen LogP contribution in [-0.4, -0.2) is 19.9 Å². The van der Waals surface area contributed by atoms with Crippen molar-refractivity contribution in [3.63, 3.8) is 0 Å². The first-order valence-corrected chi connectivity index (χ1v) is 9.48. The fourth-order valence-electron chi connectivity index (χ4n) is 2.18. The third-order valence-corrected chi connectivity index (χ3v) is 4.74. The van der Waals surface area contributed by atoms with E-state index in [1.165, 1.54) is 29.2 Å². The predicted molar refractivity (Wildman–Crippen MR) is 107 cm³/mol. The van der Waals surface area contributed by atoms with Gasteiger partial charge in [0.05, 0.1) is 6.33 Å². The van der Waals surface area contributed by atoms with Crippen LogP contribution in [0, 0.1) is 0 Å². The summed E-state index contributed by atoms with van der Waals surface area (Å²) in [5.74, 6) is 1.38. The highest BCUT2D eigenvalue weighted by Gasteiger charge is 2.06. The van der Waals surface area contributed by atoms with Gasteiger partial charge in [0, 0.05) is 11.6 Å². The number of thioether (sulfide) groups is 1. The third kappa shape index (κ3) is 4.97. The number of imidazole rings is 1. The molecule has 0 radical (unpaired) electrons. The molecule has 0 saturated carbocycles. The highest BCUT2D eigenvalue weighted by Crippen LogP contribution is 2.18. The van der Waals surface area contributed by atoms with Gasteiger partial charge in [-0.3, -0.25) is 9.78 Å². The molecule has 2 aromatic carbocycles. The predicted octanol–water partition coefficient (Wildman–Crippen LogP) is 4.36. The Bertz CT molecular complexity index is 1000. The molecule has 0 aliphatic heterocycles. The first kappa shape index (κ1) is 18.2. The van der Waals surface area contributed by atoms with Crippen molar-refractivity contribution in [2.75, 3.05) is 0 Å². The Labute approximate surface area is 159 Å². The van der Waals surface area contributed by atoms with Gasteiger partial charge < -0.3 is 4.98 Å². The summed E-state index contributed by atoms with van der Waals surface area (Å²) in [4.78, 5) is 25.5. The standard InChI is InChI=1S/C12H10N4OS.C7H7Cl/c17-11-9-10(14-7-13-9)15-12(16-11)18-6-8-4-2-1-3-5-8;8-6-7-4-2-1-3-5-7/h1-5,7H,6H2,(H2,13,14,15,16,17);1-5H,6H2. The maximum Gasteiger partial charge on any atom is 0.277 e. The number of aromatic nitrogens is 4. The molecule has 2 aromatic heterocycles. The molecule has 7 heteroatoms. The smallest absolute Gasteiger partial charge is 0.277 e. The fourth-order valence-corrected chi connectivity index (χ4v) is 3.17. The molecule has 0 unspecified atom stereocenters. The van der Waals surface area contributed by atoms with E-state index in [2.05, 4.69) is 19.9 Å². The van der Waals surface area contributed by atoms with Crippen molar-refractivity contribution < 1.29 is 0 Å². The van der Waals surface area contributed by atoms with Crippen LogP contribution in [0.2, 0.25) is 0 Å². The number of rotatable bonds is 4. The van der Waals surface area contributed by atoms with Crippen molar-refractivity contribution in [3.8, 4) is 0 Å². The monoisotopic (exact) mass is 384 g/mol. The van der Waals surface area contributed by atoms with E-state index >= 15 is 0 Å². The van der Waals surface area contributed by atoms with E-state index in [-0.39, 0.29) is 5.56 Å². The van der Waals surface area contributed by atoms with Gasteiger partial charge in [0.2, 0.25) is 0 Å². The minimum Gasteiger partial charge on any atom is -0.339 e. The van der Waals surface area contributed by atoms with Crippen molar-refractivity contribution in [1.29, 1.82) is 0 Å². The van der Waals surface area contributed by atoms with Crippen molar-refractivity contribution >= 4 is 34.5 Å². The van der Waals surface area contributed by atoms with Gasteiger partial charge in [-0.25, -0.2) is 9.97 Å². The third-order valence-electron chi connectivity index (χ3n) is 3.49. The summed E-state index contributed by atoms with van der Waals surface area (Å²) >= 11 is 7.01. The van der Waals surface area contributed by atoms with Crippen molar-refractivity contribution in [3.05, 3.63) is 88.5 Å². The Morgan fingerprint density at radius 1 is 0.962 bits per heavy atom. The quantitative estimate of drug-likeness (QED) is 0.311. The fraction of sp³-hybridized carbons (Fsp3) is 0.105. The molecule has 0 saturated heterocycles. The van der Waals surface area contributed by atoms with Crippen LogP contribution in [0.1, 0.15) is 11.1 Å². The molecule has 5 nitrogen and oxygen atoms in total. The molecule has 0 aliphatic rings. The highest BCUT2D eigenvalue weighted by molar-refractivity contribution is 7.98. The molecule has 0 atom stereocenters. The Hall–Kier alpha value is -2.57. The van der Waals surface area contributed by atoms with Crippen molar-refractivity contribution in [2.45, 2.75) is 16.8 Å². The number of fused-ring (bicyclic) bond motifs is 1. The van der Waals surface area contributed by atoms with Gasteiger partial charge in [0.1, 0.15) is 0 Å². The summed E-state index contributed by atoms with van der Waals surface area (Å²) in [5.41, 5.74) is 3.04. The molecule has 2 N–H and O–H groups in total. The summed E-state index contributed by atoms with van der Waals surface area (Å²) in [7, 11) is 0. The average molecular weight is 385 g/mol. The van der Waals surface area contributed by atoms with E-state index < -0.39 is 0 Å². The van der Waals surface area contributed by atoms with Crippen LogP contribution in [0.5, 0.6) is 0 Å². The number of nitrogens with one attached hydrogen (secondary N) is 2. The maximum atomic E-state index is 11.7. The van der Waals surface area contributed by atoms with Gasteiger partial charge in [-0.1, -0.05) is 72.4 Å². The van der Waals surface area contributed by atoms with E-state index in [1.54, 1.807) is 0 Å². The topological polar surface area (TPSA) is 74.4 Å². The van der Waals surface area contributed by atoms with Crippen LogP contribution >= 0.6 is 23.4 Å².